The molecule has 0 aromatic rings. The lowest BCUT2D eigenvalue weighted by Gasteiger charge is -2.12. The summed E-state index contributed by atoms with van der Waals surface area (Å²) in [6.45, 7) is 10.8. The molecule has 19 heavy (non-hydrogen) atoms. The van der Waals surface area contributed by atoms with Crippen molar-refractivity contribution < 1.29 is 19.1 Å². The van der Waals surface area contributed by atoms with Gasteiger partial charge in [-0.1, -0.05) is 12.2 Å². The standard InChI is InChI=1S/C15H24O4/c1-5-8-12(3)18-14(16)10-7-11-15(17)19-13(4)9-6-2/h5-6,12-13H,1-2,7-11H2,3-4H3. The minimum Gasteiger partial charge on any atom is -0.462 e. The Labute approximate surface area is 115 Å². The first kappa shape index (κ1) is 17.4. The highest BCUT2D eigenvalue weighted by Gasteiger charge is 2.11. The fourth-order valence-corrected chi connectivity index (χ4v) is 1.51. The predicted molar refractivity (Wildman–Crippen MR) is 74.6 cm³/mol. The van der Waals surface area contributed by atoms with Crippen LogP contribution in [0, 0.1) is 0 Å². The average molecular weight is 268 g/mol. The van der Waals surface area contributed by atoms with Gasteiger partial charge in [0.2, 0.25) is 0 Å². The molecule has 0 aliphatic rings. The zero-order valence-corrected chi connectivity index (χ0v) is 11.9. The van der Waals surface area contributed by atoms with E-state index >= 15 is 0 Å². The van der Waals surface area contributed by atoms with Gasteiger partial charge < -0.3 is 9.47 Å². The molecule has 108 valence electrons. The van der Waals surface area contributed by atoms with E-state index in [1.165, 1.54) is 0 Å². The van der Waals surface area contributed by atoms with Crippen molar-refractivity contribution in [3.63, 3.8) is 0 Å². The quantitative estimate of drug-likeness (QED) is 0.451. The topological polar surface area (TPSA) is 52.6 Å². The van der Waals surface area contributed by atoms with Crippen LogP contribution in [-0.4, -0.2) is 24.1 Å². The van der Waals surface area contributed by atoms with Crippen molar-refractivity contribution >= 4 is 11.9 Å². The van der Waals surface area contributed by atoms with E-state index < -0.39 is 0 Å². The molecule has 0 aliphatic heterocycles. The van der Waals surface area contributed by atoms with Crippen LogP contribution in [0.15, 0.2) is 25.3 Å². The summed E-state index contributed by atoms with van der Waals surface area (Å²) in [4.78, 5) is 22.8. The van der Waals surface area contributed by atoms with Gasteiger partial charge in [-0.25, -0.2) is 0 Å². The summed E-state index contributed by atoms with van der Waals surface area (Å²) < 4.78 is 10.2. The van der Waals surface area contributed by atoms with E-state index in [-0.39, 0.29) is 37.0 Å². The van der Waals surface area contributed by atoms with Crippen LogP contribution in [0.3, 0.4) is 0 Å². The third-order valence-corrected chi connectivity index (χ3v) is 2.42. The van der Waals surface area contributed by atoms with Crippen LogP contribution in [0.25, 0.3) is 0 Å². The molecule has 0 saturated heterocycles. The zero-order valence-electron chi connectivity index (χ0n) is 11.9. The second kappa shape index (κ2) is 10.4. The molecule has 2 unspecified atom stereocenters. The molecule has 0 N–H and O–H groups in total. The number of carbonyl (C=O) groups excluding carboxylic acids is 2. The van der Waals surface area contributed by atoms with E-state index in [4.69, 9.17) is 9.47 Å². The van der Waals surface area contributed by atoms with Gasteiger partial charge in [-0.15, -0.1) is 13.2 Å². The van der Waals surface area contributed by atoms with Crippen molar-refractivity contribution in [3.8, 4) is 0 Å². The first-order valence-electron chi connectivity index (χ1n) is 6.60. The molecular weight excluding hydrogens is 244 g/mol. The summed E-state index contributed by atoms with van der Waals surface area (Å²) in [6.07, 6.45) is 5.25. The molecule has 4 heteroatoms. The smallest absolute Gasteiger partial charge is 0.306 e. The largest absolute Gasteiger partial charge is 0.462 e. The van der Waals surface area contributed by atoms with Crippen molar-refractivity contribution in [3.05, 3.63) is 25.3 Å². The van der Waals surface area contributed by atoms with E-state index in [2.05, 4.69) is 13.2 Å². The third-order valence-electron chi connectivity index (χ3n) is 2.42. The Bertz CT molecular complexity index is 279. The van der Waals surface area contributed by atoms with Gasteiger partial charge in [-0.3, -0.25) is 9.59 Å². The van der Waals surface area contributed by atoms with Crippen molar-refractivity contribution in [1.82, 2.24) is 0 Å². The fourth-order valence-electron chi connectivity index (χ4n) is 1.51. The van der Waals surface area contributed by atoms with Crippen LogP contribution in [0.1, 0.15) is 46.0 Å². The number of hydrogen-bond donors (Lipinski definition) is 0. The lowest BCUT2D eigenvalue weighted by atomic mass is 10.2. The molecule has 0 aliphatic carbocycles. The summed E-state index contributed by atoms with van der Waals surface area (Å²) in [5, 5.41) is 0. The molecular formula is C15H24O4. The van der Waals surface area contributed by atoms with Crippen LogP contribution in [0.4, 0.5) is 0 Å². The number of hydrogen-bond acceptors (Lipinski definition) is 4. The van der Waals surface area contributed by atoms with Crippen LogP contribution < -0.4 is 0 Å². The molecule has 0 saturated carbocycles. The molecule has 0 aromatic carbocycles. The van der Waals surface area contributed by atoms with E-state index in [0.717, 1.165) is 0 Å². The summed E-state index contributed by atoms with van der Waals surface area (Å²) in [5.74, 6) is -0.581. The van der Waals surface area contributed by atoms with Gasteiger partial charge in [0.1, 0.15) is 12.2 Å². The van der Waals surface area contributed by atoms with Crippen molar-refractivity contribution in [2.45, 2.75) is 58.2 Å². The molecule has 0 spiro atoms. The number of esters is 2. The van der Waals surface area contributed by atoms with E-state index in [1.54, 1.807) is 12.2 Å². The normalized spacial score (nSPS) is 13.2. The average Bonchev–Trinajstić information content (AvgIpc) is 2.28. The van der Waals surface area contributed by atoms with Gasteiger partial charge in [0.25, 0.3) is 0 Å². The molecule has 0 amide bonds. The lowest BCUT2D eigenvalue weighted by molar-refractivity contribution is -0.149. The second-order valence-electron chi connectivity index (χ2n) is 4.50. The number of carbonyl (C=O) groups is 2. The van der Waals surface area contributed by atoms with Crippen molar-refractivity contribution in [2.24, 2.45) is 0 Å². The maximum atomic E-state index is 11.4. The molecule has 2 atom stereocenters. The van der Waals surface area contributed by atoms with Gasteiger partial charge >= 0.3 is 11.9 Å². The first-order chi connectivity index (χ1) is 8.99. The molecule has 0 aromatic heterocycles. The molecule has 0 radical (unpaired) electrons. The molecule has 0 rings (SSSR count). The third kappa shape index (κ3) is 10.1. The monoisotopic (exact) mass is 268 g/mol. The summed E-state index contributed by atoms with van der Waals surface area (Å²) >= 11 is 0. The van der Waals surface area contributed by atoms with Crippen molar-refractivity contribution in [1.29, 1.82) is 0 Å². The Morgan fingerprint density at radius 1 is 0.947 bits per heavy atom. The van der Waals surface area contributed by atoms with Crippen molar-refractivity contribution in [2.75, 3.05) is 0 Å². The molecule has 4 nitrogen and oxygen atoms in total. The second-order valence-corrected chi connectivity index (χ2v) is 4.50. The van der Waals surface area contributed by atoms with Crippen LogP contribution in [0.5, 0.6) is 0 Å². The van der Waals surface area contributed by atoms with Gasteiger partial charge in [-0.2, -0.15) is 0 Å². The number of rotatable bonds is 10. The summed E-state index contributed by atoms with van der Waals surface area (Å²) in [6, 6.07) is 0. The van der Waals surface area contributed by atoms with Gasteiger partial charge in [0.15, 0.2) is 0 Å². The van der Waals surface area contributed by atoms with Crippen LogP contribution >= 0.6 is 0 Å². The van der Waals surface area contributed by atoms with Gasteiger partial charge in [-0.05, 0) is 20.3 Å². The fraction of sp³-hybridized carbons (Fsp3) is 0.600. The van der Waals surface area contributed by atoms with Gasteiger partial charge in [0.05, 0.1) is 0 Å². The Hall–Kier alpha value is -1.58. The highest BCUT2D eigenvalue weighted by molar-refractivity contribution is 5.72. The van der Waals surface area contributed by atoms with Crippen LogP contribution in [-0.2, 0) is 19.1 Å². The zero-order chi connectivity index (χ0) is 14.7. The number of ether oxygens (including phenoxy) is 2. The Balaban J connectivity index is 3.72. The maximum absolute atomic E-state index is 11.4. The van der Waals surface area contributed by atoms with E-state index in [9.17, 15) is 9.59 Å². The molecule has 0 fully saturated rings. The minimum atomic E-state index is -0.290. The molecule has 0 bridgehead atoms. The highest BCUT2D eigenvalue weighted by atomic mass is 16.5. The Kier molecular flexibility index (Phi) is 9.49. The Morgan fingerprint density at radius 3 is 1.63 bits per heavy atom. The summed E-state index contributed by atoms with van der Waals surface area (Å²) in [5.41, 5.74) is 0. The summed E-state index contributed by atoms with van der Waals surface area (Å²) in [7, 11) is 0. The van der Waals surface area contributed by atoms with E-state index in [1.807, 2.05) is 13.8 Å². The highest BCUT2D eigenvalue weighted by Crippen LogP contribution is 2.06. The van der Waals surface area contributed by atoms with Crippen LogP contribution in [0.2, 0.25) is 0 Å². The lowest BCUT2D eigenvalue weighted by Crippen LogP contribution is -2.16. The maximum Gasteiger partial charge on any atom is 0.306 e. The van der Waals surface area contributed by atoms with E-state index in [0.29, 0.717) is 19.3 Å². The SMILES string of the molecule is C=CCC(C)OC(=O)CCCC(=O)OC(C)CC=C. The minimum absolute atomic E-state index is 0.162. The predicted octanol–water partition coefficient (Wildman–Crippen LogP) is 3.17. The first-order valence-corrected chi connectivity index (χ1v) is 6.60. The van der Waals surface area contributed by atoms with Gasteiger partial charge in [0, 0.05) is 25.7 Å². The molecule has 0 heterocycles. The Morgan fingerprint density at radius 2 is 1.32 bits per heavy atom.